The van der Waals surface area contributed by atoms with Crippen molar-refractivity contribution >= 4 is 49.1 Å². The zero-order valence-electron chi connectivity index (χ0n) is 15.4. The van der Waals surface area contributed by atoms with E-state index in [0.29, 0.717) is 21.6 Å². The average Bonchev–Trinajstić information content (AvgIpc) is 3.17. The Hall–Kier alpha value is -2.97. The number of nitrogens with zero attached hydrogens (tertiary/aromatic N) is 2. The molecule has 0 spiro atoms. The first-order valence-corrected chi connectivity index (χ1v) is 10.5. The Morgan fingerprint density at radius 1 is 1.10 bits per heavy atom. The van der Waals surface area contributed by atoms with Crippen LogP contribution in [0.25, 0.3) is 15.9 Å². The molecule has 0 aliphatic heterocycles. The smallest absolute Gasteiger partial charge is 0.324 e. The number of amides is 1. The third-order valence-corrected chi connectivity index (χ3v) is 5.91. The number of hydrogen-bond donors (Lipinski definition) is 1. The number of fused-ring (bicyclic) bond motifs is 1. The van der Waals surface area contributed by atoms with E-state index < -0.39 is 5.69 Å². The van der Waals surface area contributed by atoms with Crippen LogP contribution < -0.4 is 16.6 Å². The summed E-state index contributed by atoms with van der Waals surface area (Å²) < 4.78 is 3.75. The first kappa shape index (κ1) is 19.4. The minimum atomic E-state index is -0.542. The second-order valence-electron chi connectivity index (χ2n) is 6.49. The van der Waals surface area contributed by atoms with Gasteiger partial charge in [-0.3, -0.25) is 14.2 Å². The molecule has 29 heavy (non-hydrogen) atoms. The van der Waals surface area contributed by atoms with E-state index in [9.17, 15) is 14.4 Å². The number of anilines is 1. The van der Waals surface area contributed by atoms with Crippen molar-refractivity contribution in [1.29, 1.82) is 0 Å². The van der Waals surface area contributed by atoms with Crippen LogP contribution in [0, 0.1) is 6.92 Å². The van der Waals surface area contributed by atoms with Gasteiger partial charge in [0.2, 0.25) is 5.91 Å². The van der Waals surface area contributed by atoms with Crippen LogP contribution in [-0.4, -0.2) is 15.0 Å². The quantitative estimate of drug-likeness (QED) is 0.492. The maximum absolute atomic E-state index is 13.2. The summed E-state index contributed by atoms with van der Waals surface area (Å²) in [5.74, 6) is -0.354. The van der Waals surface area contributed by atoms with Crippen molar-refractivity contribution in [2.75, 3.05) is 5.32 Å². The maximum atomic E-state index is 13.2. The molecule has 1 N–H and O–H groups in total. The van der Waals surface area contributed by atoms with Crippen LogP contribution in [0.5, 0.6) is 0 Å². The number of benzene rings is 2. The van der Waals surface area contributed by atoms with Crippen LogP contribution in [0.2, 0.25) is 0 Å². The highest BCUT2D eigenvalue weighted by molar-refractivity contribution is 9.10. The fourth-order valence-electron chi connectivity index (χ4n) is 3.18. The van der Waals surface area contributed by atoms with Crippen molar-refractivity contribution in [3.8, 4) is 5.69 Å². The SMILES string of the molecule is Cc1ccccc1-n1c(=O)c2sccc2n(CC(=O)Nc2cccc(Br)c2)c1=O. The van der Waals surface area contributed by atoms with Gasteiger partial charge in [-0.15, -0.1) is 11.3 Å². The van der Waals surface area contributed by atoms with Crippen molar-refractivity contribution < 1.29 is 4.79 Å². The topological polar surface area (TPSA) is 73.1 Å². The lowest BCUT2D eigenvalue weighted by Gasteiger charge is -2.14. The van der Waals surface area contributed by atoms with Gasteiger partial charge in [-0.2, -0.15) is 0 Å². The summed E-state index contributed by atoms with van der Waals surface area (Å²) in [5, 5.41) is 4.53. The summed E-state index contributed by atoms with van der Waals surface area (Å²) in [5.41, 5.74) is 1.47. The number of hydrogen-bond acceptors (Lipinski definition) is 4. The number of carbonyl (C=O) groups excluding carboxylic acids is 1. The minimum absolute atomic E-state index is 0.204. The van der Waals surface area contributed by atoms with Gasteiger partial charge < -0.3 is 5.32 Å². The molecule has 0 atom stereocenters. The van der Waals surface area contributed by atoms with Gasteiger partial charge in [0.15, 0.2) is 0 Å². The summed E-state index contributed by atoms with van der Waals surface area (Å²) >= 11 is 4.62. The van der Waals surface area contributed by atoms with Crippen LogP contribution >= 0.6 is 27.3 Å². The molecule has 6 nitrogen and oxygen atoms in total. The van der Waals surface area contributed by atoms with E-state index in [1.807, 2.05) is 25.1 Å². The van der Waals surface area contributed by atoms with Gasteiger partial charge in [0.05, 0.1) is 11.2 Å². The van der Waals surface area contributed by atoms with E-state index in [1.54, 1.807) is 41.8 Å². The van der Waals surface area contributed by atoms with Crippen LogP contribution in [0.3, 0.4) is 0 Å². The molecule has 1 amide bonds. The van der Waals surface area contributed by atoms with Gasteiger partial charge in [0.25, 0.3) is 5.56 Å². The molecule has 0 unspecified atom stereocenters. The van der Waals surface area contributed by atoms with Gasteiger partial charge in [0, 0.05) is 10.2 Å². The highest BCUT2D eigenvalue weighted by atomic mass is 79.9. The van der Waals surface area contributed by atoms with Crippen LogP contribution in [0.1, 0.15) is 5.56 Å². The van der Waals surface area contributed by atoms with Crippen molar-refractivity contribution in [2.45, 2.75) is 13.5 Å². The lowest BCUT2D eigenvalue weighted by atomic mass is 10.2. The third-order valence-electron chi connectivity index (χ3n) is 4.52. The summed E-state index contributed by atoms with van der Waals surface area (Å²) in [7, 11) is 0. The minimum Gasteiger partial charge on any atom is -0.324 e. The average molecular weight is 470 g/mol. The van der Waals surface area contributed by atoms with Crippen LogP contribution in [0.4, 0.5) is 5.69 Å². The van der Waals surface area contributed by atoms with Gasteiger partial charge in [-0.25, -0.2) is 9.36 Å². The number of aromatic nitrogens is 2. The molecular formula is C21H16BrN3O3S. The van der Waals surface area contributed by atoms with Crippen molar-refractivity contribution in [2.24, 2.45) is 0 Å². The summed E-state index contributed by atoms with van der Waals surface area (Å²) in [6, 6.07) is 16.1. The standard InChI is InChI=1S/C21H16BrN3O3S/c1-13-5-2-3-8-16(13)25-20(27)19-17(9-10-29-19)24(21(25)28)12-18(26)23-15-7-4-6-14(22)11-15/h2-11H,12H2,1H3,(H,23,26). The Morgan fingerprint density at radius 2 is 1.90 bits per heavy atom. The second-order valence-corrected chi connectivity index (χ2v) is 8.32. The Morgan fingerprint density at radius 3 is 2.66 bits per heavy atom. The Labute approximate surface area is 178 Å². The first-order chi connectivity index (χ1) is 14.0. The summed E-state index contributed by atoms with van der Waals surface area (Å²) in [6.45, 7) is 1.63. The van der Waals surface area contributed by atoms with Gasteiger partial charge in [0.1, 0.15) is 11.2 Å². The Balaban J connectivity index is 1.81. The van der Waals surface area contributed by atoms with Crippen molar-refractivity contribution in [3.63, 3.8) is 0 Å². The van der Waals surface area contributed by atoms with Crippen LogP contribution in [-0.2, 0) is 11.3 Å². The highest BCUT2D eigenvalue weighted by Crippen LogP contribution is 2.19. The van der Waals surface area contributed by atoms with E-state index >= 15 is 0 Å². The van der Waals surface area contributed by atoms with E-state index in [4.69, 9.17) is 0 Å². The molecule has 0 aliphatic carbocycles. The lowest BCUT2D eigenvalue weighted by Crippen LogP contribution is -2.40. The van der Waals surface area contributed by atoms with Crippen molar-refractivity contribution in [3.05, 3.63) is 90.9 Å². The molecule has 2 aromatic carbocycles. The normalized spacial score (nSPS) is 11.0. The van der Waals surface area contributed by atoms with Crippen molar-refractivity contribution in [1.82, 2.24) is 9.13 Å². The zero-order valence-corrected chi connectivity index (χ0v) is 17.8. The third kappa shape index (κ3) is 3.68. The molecule has 4 rings (SSSR count). The summed E-state index contributed by atoms with van der Waals surface area (Å²) in [4.78, 5) is 38.9. The number of para-hydroxylation sites is 1. The molecule has 8 heteroatoms. The molecule has 4 aromatic rings. The van der Waals surface area contributed by atoms with E-state index in [0.717, 1.165) is 14.6 Å². The Kier molecular flexibility index (Phi) is 5.21. The maximum Gasteiger partial charge on any atom is 0.336 e. The largest absolute Gasteiger partial charge is 0.336 e. The predicted octanol–water partition coefficient (Wildman–Crippen LogP) is 3.92. The molecule has 2 aromatic heterocycles. The summed E-state index contributed by atoms with van der Waals surface area (Å²) in [6.07, 6.45) is 0. The first-order valence-electron chi connectivity index (χ1n) is 8.80. The van der Waals surface area contributed by atoms with Gasteiger partial charge in [-0.1, -0.05) is 40.2 Å². The number of aryl methyl sites for hydroxylation is 1. The molecule has 2 heterocycles. The number of carbonyl (C=O) groups is 1. The monoisotopic (exact) mass is 469 g/mol. The fraction of sp³-hybridized carbons (Fsp3) is 0.0952. The molecule has 0 saturated carbocycles. The van der Waals surface area contributed by atoms with E-state index in [2.05, 4.69) is 21.2 Å². The van der Waals surface area contributed by atoms with Gasteiger partial charge >= 0.3 is 5.69 Å². The van der Waals surface area contributed by atoms with Crippen LogP contribution in [0.15, 0.2) is 74.0 Å². The van der Waals surface area contributed by atoms with E-state index in [-0.39, 0.29) is 18.0 Å². The zero-order chi connectivity index (χ0) is 20.5. The Bertz CT molecular complexity index is 1350. The molecule has 146 valence electrons. The number of nitrogens with one attached hydrogen (secondary N) is 1. The molecule has 0 fully saturated rings. The second kappa shape index (κ2) is 7.81. The lowest BCUT2D eigenvalue weighted by molar-refractivity contribution is -0.116. The number of rotatable bonds is 4. The molecular weight excluding hydrogens is 454 g/mol. The predicted molar refractivity (Wildman–Crippen MR) is 119 cm³/mol. The molecule has 0 saturated heterocycles. The molecule has 0 aliphatic rings. The van der Waals surface area contributed by atoms with Gasteiger partial charge in [-0.05, 0) is 48.2 Å². The number of halogens is 1. The molecule has 0 bridgehead atoms. The number of thiophene rings is 1. The fourth-order valence-corrected chi connectivity index (χ4v) is 4.40. The molecule has 0 radical (unpaired) electrons. The highest BCUT2D eigenvalue weighted by Gasteiger charge is 2.18. The van der Waals surface area contributed by atoms with E-state index in [1.165, 1.54) is 15.9 Å².